The van der Waals surface area contributed by atoms with Crippen LogP contribution in [0.4, 0.5) is 13.6 Å². The summed E-state index contributed by atoms with van der Waals surface area (Å²) in [6, 6.07) is 6.47. The summed E-state index contributed by atoms with van der Waals surface area (Å²) in [7, 11) is 1.41. The van der Waals surface area contributed by atoms with Crippen molar-refractivity contribution in [3.8, 4) is 17.4 Å². The van der Waals surface area contributed by atoms with E-state index in [1.54, 1.807) is 6.92 Å². The van der Waals surface area contributed by atoms with Gasteiger partial charge in [-0.25, -0.2) is 13.6 Å². The molecule has 0 aliphatic heterocycles. The molecular formula is C17H14F2N2O5. The quantitative estimate of drug-likeness (QED) is 0.697. The maximum atomic E-state index is 13.8. The number of ether oxygens (including phenoxy) is 3. The van der Waals surface area contributed by atoms with Gasteiger partial charge in [0.2, 0.25) is 5.88 Å². The normalized spacial score (nSPS) is 10.8. The van der Waals surface area contributed by atoms with Crippen LogP contribution in [0.15, 0.2) is 30.3 Å². The van der Waals surface area contributed by atoms with Crippen LogP contribution >= 0.6 is 0 Å². The Morgan fingerprint density at radius 2 is 1.96 bits per heavy atom. The first-order chi connectivity index (χ1) is 12.4. The van der Waals surface area contributed by atoms with Crippen molar-refractivity contribution in [2.75, 3.05) is 7.11 Å². The van der Waals surface area contributed by atoms with Gasteiger partial charge in [-0.05, 0) is 19.1 Å². The summed E-state index contributed by atoms with van der Waals surface area (Å²) in [4.78, 5) is 10.9. The fraction of sp³-hybridized carbons (Fsp3) is 0.176. The number of fused-ring (bicyclic) bond motifs is 1. The molecule has 136 valence electrons. The van der Waals surface area contributed by atoms with Gasteiger partial charge in [-0.1, -0.05) is 6.07 Å². The molecule has 3 rings (SSSR count). The summed E-state index contributed by atoms with van der Waals surface area (Å²) >= 11 is 0. The van der Waals surface area contributed by atoms with E-state index in [4.69, 9.17) is 19.3 Å². The van der Waals surface area contributed by atoms with Crippen molar-refractivity contribution < 1.29 is 32.9 Å². The highest BCUT2D eigenvalue weighted by Gasteiger charge is 2.19. The Morgan fingerprint density at radius 1 is 1.27 bits per heavy atom. The minimum Gasteiger partial charge on any atom is -0.496 e. The van der Waals surface area contributed by atoms with E-state index in [1.165, 1.54) is 29.8 Å². The number of pyridine rings is 1. The maximum absolute atomic E-state index is 13.8. The zero-order chi connectivity index (χ0) is 18.8. The lowest BCUT2D eigenvalue weighted by atomic mass is 10.2. The van der Waals surface area contributed by atoms with Crippen LogP contribution in [-0.2, 0) is 6.61 Å². The molecule has 0 atom stereocenters. The number of methoxy groups -OCH3 is 1. The smallest absolute Gasteiger partial charge is 0.496 e. The van der Waals surface area contributed by atoms with Gasteiger partial charge >= 0.3 is 6.16 Å². The summed E-state index contributed by atoms with van der Waals surface area (Å²) in [5.74, 6) is -1.04. The number of benzene rings is 1. The van der Waals surface area contributed by atoms with Crippen molar-refractivity contribution in [1.29, 1.82) is 0 Å². The highest BCUT2D eigenvalue weighted by molar-refractivity contribution is 5.72. The highest BCUT2D eigenvalue weighted by Crippen LogP contribution is 2.32. The van der Waals surface area contributed by atoms with E-state index in [9.17, 15) is 13.6 Å². The van der Waals surface area contributed by atoms with Gasteiger partial charge in [0.15, 0.2) is 5.75 Å². The van der Waals surface area contributed by atoms with Gasteiger partial charge in [0, 0.05) is 12.1 Å². The number of halogens is 2. The molecule has 1 N–H and O–H groups in total. The fourth-order valence-corrected chi connectivity index (χ4v) is 2.44. The van der Waals surface area contributed by atoms with Crippen LogP contribution in [-0.4, -0.2) is 28.0 Å². The number of rotatable bonds is 5. The summed E-state index contributed by atoms with van der Waals surface area (Å²) in [6.07, 6.45) is -1.50. The van der Waals surface area contributed by atoms with E-state index in [0.29, 0.717) is 11.4 Å². The lowest BCUT2D eigenvalue weighted by Crippen LogP contribution is -2.06. The lowest BCUT2D eigenvalue weighted by molar-refractivity contribution is 0.144. The van der Waals surface area contributed by atoms with Crippen LogP contribution in [0.1, 0.15) is 11.3 Å². The van der Waals surface area contributed by atoms with Gasteiger partial charge in [-0.15, -0.1) is 0 Å². The maximum Gasteiger partial charge on any atom is 0.511 e. The molecule has 3 aromatic rings. The standard InChI is InChI=1S/C17H14F2N2O5/c1-9-16(26-17(22)23)14-6-10(24-2)7-15(21(14)20-9)25-8-11-12(18)4-3-5-13(11)19/h3-7H,8H2,1-2H3,(H,22,23). The molecule has 9 heteroatoms. The third-order valence-corrected chi connectivity index (χ3v) is 3.64. The number of carbonyl (C=O) groups is 1. The summed E-state index contributed by atoms with van der Waals surface area (Å²) < 4.78 is 44.3. The van der Waals surface area contributed by atoms with Gasteiger partial charge in [0.1, 0.15) is 35.2 Å². The number of carboxylic acid groups (broad SMARTS) is 1. The molecule has 26 heavy (non-hydrogen) atoms. The second-order valence-electron chi connectivity index (χ2n) is 5.30. The average Bonchev–Trinajstić information content (AvgIpc) is 2.89. The SMILES string of the molecule is COc1cc(OCc2c(F)cccc2F)n2nc(C)c(OC(=O)O)c2c1. The van der Waals surface area contributed by atoms with Crippen molar-refractivity contribution in [3.05, 3.63) is 53.2 Å². The number of aryl methyl sites for hydroxylation is 1. The number of nitrogens with zero attached hydrogens (tertiary/aromatic N) is 2. The van der Waals surface area contributed by atoms with Crippen molar-refractivity contribution in [3.63, 3.8) is 0 Å². The molecule has 0 bridgehead atoms. The molecule has 7 nitrogen and oxygen atoms in total. The minimum atomic E-state index is -1.50. The molecule has 2 heterocycles. The Morgan fingerprint density at radius 3 is 2.58 bits per heavy atom. The molecule has 0 radical (unpaired) electrons. The van der Waals surface area contributed by atoms with Gasteiger partial charge in [0.25, 0.3) is 0 Å². The molecule has 0 amide bonds. The van der Waals surface area contributed by atoms with Crippen molar-refractivity contribution in [1.82, 2.24) is 9.61 Å². The number of hydrogen-bond acceptors (Lipinski definition) is 5. The highest BCUT2D eigenvalue weighted by atomic mass is 19.1. The largest absolute Gasteiger partial charge is 0.511 e. The van der Waals surface area contributed by atoms with Crippen molar-refractivity contribution in [2.24, 2.45) is 0 Å². The zero-order valence-corrected chi connectivity index (χ0v) is 13.8. The van der Waals surface area contributed by atoms with Gasteiger partial charge in [-0.2, -0.15) is 9.61 Å². The molecule has 0 aliphatic carbocycles. The first-order valence-corrected chi connectivity index (χ1v) is 7.44. The molecule has 0 fully saturated rings. The van der Waals surface area contributed by atoms with E-state index >= 15 is 0 Å². The van der Waals surface area contributed by atoms with Crippen LogP contribution in [0, 0.1) is 18.6 Å². The van der Waals surface area contributed by atoms with Crippen LogP contribution < -0.4 is 14.2 Å². The monoisotopic (exact) mass is 364 g/mol. The predicted octanol–water partition coefficient (Wildman–Crippen LogP) is 3.57. The van der Waals surface area contributed by atoms with Gasteiger partial charge < -0.3 is 19.3 Å². The molecule has 0 unspecified atom stereocenters. The van der Waals surface area contributed by atoms with E-state index in [1.807, 2.05) is 0 Å². The van der Waals surface area contributed by atoms with Crippen molar-refractivity contribution in [2.45, 2.75) is 13.5 Å². The topological polar surface area (TPSA) is 82.3 Å². The molecule has 0 saturated carbocycles. The number of aromatic nitrogens is 2. The van der Waals surface area contributed by atoms with Crippen LogP contribution in [0.3, 0.4) is 0 Å². The Balaban J connectivity index is 2.03. The molecule has 2 aromatic heterocycles. The summed E-state index contributed by atoms with van der Waals surface area (Å²) in [6.45, 7) is 1.16. The zero-order valence-electron chi connectivity index (χ0n) is 13.8. The second kappa shape index (κ2) is 6.87. The van der Waals surface area contributed by atoms with Crippen molar-refractivity contribution >= 4 is 11.7 Å². The van der Waals surface area contributed by atoms with Gasteiger partial charge in [-0.3, -0.25) is 0 Å². The van der Waals surface area contributed by atoms with Crippen LogP contribution in [0.2, 0.25) is 0 Å². The Kier molecular flexibility index (Phi) is 4.61. The number of hydrogen-bond donors (Lipinski definition) is 1. The molecular weight excluding hydrogens is 350 g/mol. The Hall–Kier alpha value is -3.36. The van der Waals surface area contributed by atoms with E-state index in [-0.39, 0.29) is 22.7 Å². The fourth-order valence-electron chi connectivity index (χ4n) is 2.44. The van der Waals surface area contributed by atoms with E-state index in [0.717, 1.165) is 12.1 Å². The Labute approximate surface area is 146 Å². The molecule has 0 aliphatic rings. The average molecular weight is 364 g/mol. The van der Waals surface area contributed by atoms with Crippen LogP contribution in [0.5, 0.6) is 17.4 Å². The first kappa shape index (κ1) is 17.5. The molecule has 1 aromatic carbocycles. The molecule has 0 saturated heterocycles. The third-order valence-electron chi connectivity index (χ3n) is 3.64. The van der Waals surface area contributed by atoms with Crippen LogP contribution in [0.25, 0.3) is 5.52 Å². The first-order valence-electron chi connectivity index (χ1n) is 7.44. The summed E-state index contributed by atoms with van der Waals surface area (Å²) in [5, 5.41) is 13.0. The van der Waals surface area contributed by atoms with E-state index < -0.39 is 24.4 Å². The third kappa shape index (κ3) is 3.23. The molecule has 0 spiro atoms. The lowest BCUT2D eigenvalue weighted by Gasteiger charge is -2.11. The van der Waals surface area contributed by atoms with Gasteiger partial charge in [0.05, 0.1) is 12.7 Å². The summed E-state index contributed by atoms with van der Waals surface area (Å²) in [5.41, 5.74) is 0.324. The Bertz CT molecular complexity index is 967. The predicted molar refractivity (Wildman–Crippen MR) is 85.8 cm³/mol. The second-order valence-corrected chi connectivity index (χ2v) is 5.30. The minimum absolute atomic E-state index is 0.0123. The van der Waals surface area contributed by atoms with E-state index in [2.05, 4.69) is 5.10 Å².